The number of unbranched alkanes of at least 4 members (excludes halogenated alkanes) is 1. The second-order valence-corrected chi connectivity index (χ2v) is 8.48. The molecule has 0 aliphatic carbocycles. The van der Waals surface area contributed by atoms with Crippen LogP contribution in [0.2, 0.25) is 10.0 Å². The molecule has 0 aliphatic rings. The van der Waals surface area contributed by atoms with Gasteiger partial charge in [-0.2, -0.15) is 0 Å². The van der Waals surface area contributed by atoms with Crippen molar-refractivity contribution in [2.45, 2.75) is 44.4 Å². The van der Waals surface area contributed by atoms with Crippen LogP contribution >= 0.6 is 23.2 Å². The van der Waals surface area contributed by atoms with Crippen molar-refractivity contribution in [1.29, 1.82) is 0 Å². The number of carbonyl (C=O) groups excluding carboxylic acids is 1. The zero-order valence-electron chi connectivity index (χ0n) is 18.4. The number of hydrogen-bond donors (Lipinski definition) is 3. The van der Waals surface area contributed by atoms with Crippen LogP contribution in [0.1, 0.15) is 25.3 Å². The largest absolute Gasteiger partial charge is 0.394 e. The van der Waals surface area contributed by atoms with E-state index in [2.05, 4.69) is 5.32 Å². The van der Waals surface area contributed by atoms with Crippen molar-refractivity contribution < 1.29 is 24.5 Å². The lowest BCUT2D eigenvalue weighted by atomic mass is 9.95. The van der Waals surface area contributed by atoms with Gasteiger partial charge in [0, 0.05) is 23.8 Å². The van der Waals surface area contributed by atoms with E-state index in [9.17, 15) is 15.0 Å². The highest BCUT2D eigenvalue weighted by Crippen LogP contribution is 2.27. The monoisotopic (exact) mass is 483 g/mol. The molecule has 32 heavy (non-hydrogen) atoms. The molecule has 0 aliphatic heterocycles. The average Bonchev–Trinajstić information content (AvgIpc) is 2.76. The minimum Gasteiger partial charge on any atom is -0.394 e. The smallest absolute Gasteiger partial charge is 0.246 e. The Kier molecular flexibility index (Phi) is 11.4. The lowest BCUT2D eigenvalue weighted by Gasteiger charge is -2.31. The zero-order valence-corrected chi connectivity index (χ0v) is 19.9. The van der Waals surface area contributed by atoms with E-state index in [1.807, 2.05) is 43.3 Å². The second kappa shape index (κ2) is 13.8. The van der Waals surface area contributed by atoms with Crippen molar-refractivity contribution >= 4 is 29.1 Å². The second-order valence-electron chi connectivity index (χ2n) is 7.61. The fraction of sp³-hybridized carbons (Fsp3) is 0.458. The normalized spacial score (nSPS) is 14.1. The fourth-order valence-corrected chi connectivity index (χ4v) is 3.93. The minimum absolute atomic E-state index is 0.109. The van der Waals surface area contributed by atoms with Gasteiger partial charge in [-0.1, -0.05) is 60.8 Å². The zero-order chi connectivity index (χ0) is 23.5. The number of ether oxygens (including phenoxy) is 2. The Morgan fingerprint density at radius 1 is 1.09 bits per heavy atom. The average molecular weight is 484 g/mol. The number of hydrogen-bond acceptors (Lipinski definition) is 5. The van der Waals surface area contributed by atoms with Crippen LogP contribution in [0.25, 0.3) is 11.1 Å². The maximum atomic E-state index is 12.2. The summed E-state index contributed by atoms with van der Waals surface area (Å²) < 4.78 is 10.8. The quantitative estimate of drug-likeness (QED) is 0.376. The molecule has 3 atom stereocenters. The summed E-state index contributed by atoms with van der Waals surface area (Å²) in [4.78, 5) is 12.2. The van der Waals surface area contributed by atoms with Gasteiger partial charge < -0.3 is 25.0 Å². The number of nitrogens with one attached hydrogen (secondary N) is 1. The first-order valence-corrected chi connectivity index (χ1v) is 11.4. The summed E-state index contributed by atoms with van der Waals surface area (Å²) in [5, 5.41) is 23.9. The van der Waals surface area contributed by atoms with Gasteiger partial charge in [0.15, 0.2) is 0 Å². The third-order valence-electron chi connectivity index (χ3n) is 5.00. The summed E-state index contributed by atoms with van der Waals surface area (Å²) >= 11 is 12.2. The van der Waals surface area contributed by atoms with Crippen LogP contribution < -0.4 is 5.32 Å². The van der Waals surface area contributed by atoms with Crippen molar-refractivity contribution in [2.24, 2.45) is 0 Å². The minimum atomic E-state index is -1.13. The molecule has 0 radical (unpaired) electrons. The molecule has 0 spiro atoms. The molecule has 2 aromatic rings. The lowest BCUT2D eigenvalue weighted by molar-refractivity contribution is -0.129. The molecule has 0 saturated heterocycles. The number of carbonyl (C=O) groups is 1. The van der Waals surface area contributed by atoms with Gasteiger partial charge in [-0.3, -0.25) is 4.79 Å². The Morgan fingerprint density at radius 2 is 1.75 bits per heavy atom. The molecule has 6 nitrogen and oxygen atoms in total. The van der Waals surface area contributed by atoms with E-state index in [1.54, 1.807) is 6.07 Å². The molecule has 0 saturated carbocycles. The first kappa shape index (κ1) is 26.6. The number of rotatable bonds is 13. The summed E-state index contributed by atoms with van der Waals surface area (Å²) in [7, 11) is 1.44. The van der Waals surface area contributed by atoms with Gasteiger partial charge in [-0.05, 0) is 47.7 Å². The van der Waals surface area contributed by atoms with Gasteiger partial charge in [0.1, 0.15) is 18.8 Å². The van der Waals surface area contributed by atoms with Crippen molar-refractivity contribution in [3.8, 4) is 11.1 Å². The van der Waals surface area contributed by atoms with Crippen molar-refractivity contribution in [3.63, 3.8) is 0 Å². The molecule has 3 N–H and O–H groups in total. The van der Waals surface area contributed by atoms with E-state index < -0.39 is 24.9 Å². The molecule has 0 fully saturated rings. The number of aliphatic hydroxyl groups is 2. The van der Waals surface area contributed by atoms with Crippen LogP contribution in [0, 0.1) is 0 Å². The highest BCUT2D eigenvalue weighted by Gasteiger charge is 2.30. The van der Waals surface area contributed by atoms with E-state index >= 15 is 0 Å². The number of halogens is 2. The van der Waals surface area contributed by atoms with Gasteiger partial charge in [0.2, 0.25) is 5.91 Å². The lowest BCUT2D eigenvalue weighted by Crippen LogP contribution is -2.52. The molecule has 2 rings (SSSR count). The molecule has 1 amide bonds. The molecule has 0 aromatic heterocycles. The Labute approximate surface area is 199 Å². The Balaban J connectivity index is 2.23. The first-order valence-electron chi connectivity index (χ1n) is 10.6. The van der Waals surface area contributed by atoms with Crippen molar-refractivity contribution in [1.82, 2.24) is 5.32 Å². The highest BCUT2D eigenvalue weighted by molar-refractivity contribution is 6.35. The molecule has 176 valence electrons. The van der Waals surface area contributed by atoms with E-state index in [0.717, 1.165) is 29.5 Å². The maximum Gasteiger partial charge on any atom is 0.246 e. The predicted octanol–water partition coefficient (Wildman–Crippen LogP) is 3.87. The SMILES string of the molecule is CCCCO[C@@H]([C@@H](O)CO)[C@@H](Cc1ccc(-c2cc(Cl)cc(Cl)c2)cc1)NC(=O)COC. The predicted molar refractivity (Wildman–Crippen MR) is 127 cm³/mol. The highest BCUT2D eigenvalue weighted by atomic mass is 35.5. The van der Waals surface area contributed by atoms with Crippen LogP contribution in [0.15, 0.2) is 42.5 Å². The molecule has 0 heterocycles. The van der Waals surface area contributed by atoms with E-state index in [0.29, 0.717) is 23.1 Å². The molecular weight excluding hydrogens is 453 g/mol. The standard InChI is InChI=1S/C24H31Cl2NO5/c1-3-4-9-32-24(22(29)14-28)21(27-23(30)15-31-2)10-16-5-7-17(8-6-16)18-11-19(25)13-20(26)12-18/h5-8,11-13,21-22,24,28-29H,3-4,9-10,14-15H2,1-2H3,(H,27,30)/t21-,22+,24-/m1/s1. The van der Waals surface area contributed by atoms with Gasteiger partial charge in [0.05, 0.1) is 12.6 Å². The Bertz CT molecular complexity index is 827. The van der Waals surface area contributed by atoms with Gasteiger partial charge in [-0.25, -0.2) is 0 Å². The number of benzene rings is 2. The molecule has 0 bridgehead atoms. The third-order valence-corrected chi connectivity index (χ3v) is 5.43. The fourth-order valence-electron chi connectivity index (χ4n) is 3.40. The topological polar surface area (TPSA) is 88.0 Å². The van der Waals surface area contributed by atoms with Crippen molar-refractivity contribution in [2.75, 3.05) is 26.9 Å². The summed E-state index contributed by atoms with van der Waals surface area (Å²) in [6.45, 7) is 1.88. The Morgan fingerprint density at radius 3 is 2.31 bits per heavy atom. The van der Waals surface area contributed by atoms with Crippen LogP contribution in [-0.4, -0.2) is 61.3 Å². The van der Waals surface area contributed by atoms with Crippen LogP contribution in [0.5, 0.6) is 0 Å². The van der Waals surface area contributed by atoms with E-state index in [4.69, 9.17) is 32.7 Å². The molecule has 8 heteroatoms. The van der Waals surface area contributed by atoms with Crippen molar-refractivity contribution in [3.05, 3.63) is 58.1 Å². The van der Waals surface area contributed by atoms with Crippen LogP contribution in [0.4, 0.5) is 0 Å². The van der Waals surface area contributed by atoms with Gasteiger partial charge >= 0.3 is 0 Å². The first-order chi connectivity index (χ1) is 15.4. The van der Waals surface area contributed by atoms with Gasteiger partial charge in [-0.15, -0.1) is 0 Å². The third kappa shape index (κ3) is 8.35. The molecule has 0 unspecified atom stereocenters. The summed E-state index contributed by atoms with van der Waals surface area (Å²) in [5.41, 5.74) is 2.78. The number of methoxy groups -OCH3 is 1. The summed E-state index contributed by atoms with van der Waals surface area (Å²) in [6.07, 6.45) is 0.244. The molecule has 2 aromatic carbocycles. The summed E-state index contributed by atoms with van der Waals surface area (Å²) in [5.74, 6) is -0.322. The van der Waals surface area contributed by atoms with Crippen LogP contribution in [0.3, 0.4) is 0 Å². The van der Waals surface area contributed by atoms with E-state index in [1.165, 1.54) is 7.11 Å². The number of aliphatic hydroxyl groups excluding tert-OH is 2. The van der Waals surface area contributed by atoms with E-state index in [-0.39, 0.29) is 12.5 Å². The van der Waals surface area contributed by atoms with Gasteiger partial charge in [0.25, 0.3) is 0 Å². The maximum absolute atomic E-state index is 12.2. The Hall–Kier alpha value is -1.67. The molecular formula is C24H31Cl2NO5. The summed E-state index contributed by atoms with van der Waals surface area (Å²) in [6, 6.07) is 12.6. The van der Waals surface area contributed by atoms with Crippen LogP contribution in [-0.2, 0) is 20.7 Å². The number of amides is 1.